The van der Waals surface area contributed by atoms with Gasteiger partial charge in [0.1, 0.15) is 12.7 Å². The molecule has 0 N–H and O–H groups in total. The summed E-state index contributed by atoms with van der Waals surface area (Å²) in [5.41, 5.74) is 1.03. The summed E-state index contributed by atoms with van der Waals surface area (Å²) in [6.07, 6.45) is 0. The van der Waals surface area contributed by atoms with Crippen molar-refractivity contribution in [1.29, 1.82) is 0 Å². The Balaban J connectivity index is 2.43. The van der Waals surface area contributed by atoms with Crippen LogP contribution in [0.4, 0.5) is 0 Å². The Morgan fingerprint density at radius 3 is 2.60 bits per heavy atom. The van der Waals surface area contributed by atoms with E-state index in [-0.39, 0.29) is 6.07 Å². The fraction of sp³-hybridized carbons (Fsp3) is 0.125. The molecule has 0 unspecified atom stereocenters. The molecule has 10 heavy (non-hydrogen) atoms. The van der Waals surface area contributed by atoms with E-state index in [2.05, 4.69) is 0 Å². The van der Waals surface area contributed by atoms with Crippen molar-refractivity contribution >= 4 is 11.6 Å². The Kier molecular flexibility index (Phi) is 3.27. The number of hydrogen-bond acceptors (Lipinski definition) is 1. The first-order valence-corrected chi connectivity index (χ1v) is 3.53. The number of ether oxygens (including phenoxy) is 1. The number of rotatable bonds is 3. The van der Waals surface area contributed by atoms with E-state index in [0.717, 1.165) is 5.56 Å². The van der Waals surface area contributed by atoms with Crippen molar-refractivity contribution in [2.45, 2.75) is 0 Å². The molecule has 0 atom stereocenters. The van der Waals surface area contributed by atoms with Crippen molar-refractivity contribution < 1.29 is 4.74 Å². The number of alkyl halides is 1. The van der Waals surface area contributed by atoms with Crippen LogP contribution in [0.1, 0.15) is 5.56 Å². The minimum atomic E-state index is 0.203. The SMILES string of the molecule is ClCO[CH]c1ccccc1. The maximum absolute atomic E-state index is 5.30. The van der Waals surface area contributed by atoms with Crippen molar-refractivity contribution in [3.63, 3.8) is 0 Å². The van der Waals surface area contributed by atoms with E-state index < -0.39 is 0 Å². The first-order valence-electron chi connectivity index (χ1n) is 2.99. The molecule has 0 aliphatic carbocycles. The smallest absolute Gasteiger partial charge is 0.121 e. The van der Waals surface area contributed by atoms with Gasteiger partial charge in [-0.15, -0.1) is 0 Å². The van der Waals surface area contributed by atoms with Gasteiger partial charge in [0, 0.05) is 0 Å². The zero-order valence-electron chi connectivity index (χ0n) is 5.46. The summed E-state index contributed by atoms with van der Waals surface area (Å²) in [5.74, 6) is 0. The van der Waals surface area contributed by atoms with Gasteiger partial charge in [0.15, 0.2) is 0 Å². The van der Waals surface area contributed by atoms with Crippen LogP contribution in [0.15, 0.2) is 30.3 Å². The van der Waals surface area contributed by atoms with Gasteiger partial charge in [-0.25, -0.2) is 0 Å². The average Bonchev–Trinajstić information content (AvgIpc) is 2.03. The Morgan fingerprint density at radius 1 is 1.30 bits per heavy atom. The lowest BCUT2D eigenvalue weighted by atomic mass is 10.2. The summed E-state index contributed by atoms with van der Waals surface area (Å²) >= 11 is 5.30. The molecule has 0 bridgehead atoms. The molecule has 0 aromatic heterocycles. The van der Waals surface area contributed by atoms with E-state index in [1.165, 1.54) is 0 Å². The van der Waals surface area contributed by atoms with Crippen LogP contribution in [0.5, 0.6) is 0 Å². The van der Waals surface area contributed by atoms with E-state index in [1.807, 2.05) is 30.3 Å². The molecule has 1 nitrogen and oxygen atoms in total. The summed E-state index contributed by atoms with van der Waals surface area (Å²) in [5, 5.41) is 0. The number of hydrogen-bond donors (Lipinski definition) is 0. The fourth-order valence-electron chi connectivity index (χ4n) is 0.659. The zero-order chi connectivity index (χ0) is 7.23. The molecular weight excluding hydrogens is 148 g/mol. The van der Waals surface area contributed by atoms with Gasteiger partial charge in [0.05, 0.1) is 0 Å². The first kappa shape index (κ1) is 7.58. The highest BCUT2D eigenvalue weighted by atomic mass is 35.5. The molecule has 0 fully saturated rings. The molecule has 0 heterocycles. The van der Waals surface area contributed by atoms with Crippen LogP contribution < -0.4 is 0 Å². The average molecular weight is 156 g/mol. The van der Waals surface area contributed by atoms with Gasteiger partial charge in [-0.1, -0.05) is 41.9 Å². The summed E-state index contributed by atoms with van der Waals surface area (Å²) < 4.78 is 4.86. The van der Waals surface area contributed by atoms with Gasteiger partial charge in [-0.3, -0.25) is 0 Å². The number of halogens is 1. The van der Waals surface area contributed by atoms with E-state index in [4.69, 9.17) is 16.3 Å². The second kappa shape index (κ2) is 4.31. The van der Waals surface area contributed by atoms with Crippen LogP contribution >= 0.6 is 11.6 Å². The predicted octanol–water partition coefficient (Wildman–Crippen LogP) is 2.41. The van der Waals surface area contributed by atoms with E-state index in [0.29, 0.717) is 0 Å². The second-order valence-electron chi connectivity index (χ2n) is 1.80. The maximum atomic E-state index is 5.30. The topological polar surface area (TPSA) is 9.23 Å². The summed E-state index contributed by atoms with van der Waals surface area (Å²) in [7, 11) is 0. The maximum Gasteiger partial charge on any atom is 0.121 e. The van der Waals surface area contributed by atoms with Gasteiger partial charge < -0.3 is 4.74 Å². The predicted molar refractivity (Wildman–Crippen MR) is 41.6 cm³/mol. The van der Waals surface area contributed by atoms with Crippen LogP contribution in [-0.4, -0.2) is 6.07 Å². The van der Waals surface area contributed by atoms with Crippen molar-refractivity contribution in [3.05, 3.63) is 42.5 Å². The first-order chi connectivity index (χ1) is 4.93. The highest BCUT2D eigenvalue weighted by Gasteiger charge is 1.88. The molecule has 0 spiro atoms. The minimum absolute atomic E-state index is 0.203. The van der Waals surface area contributed by atoms with Gasteiger partial charge in [0.25, 0.3) is 0 Å². The summed E-state index contributed by atoms with van der Waals surface area (Å²) in [6.45, 7) is 1.63. The standard InChI is InChI=1S/C8H8ClO/c9-7-10-6-8-4-2-1-3-5-8/h1-6H,7H2. The normalized spacial score (nSPS) is 9.70. The lowest BCUT2D eigenvalue weighted by Gasteiger charge is -1.96. The quantitative estimate of drug-likeness (QED) is 0.610. The summed E-state index contributed by atoms with van der Waals surface area (Å²) in [6, 6.07) is 9.96. The van der Waals surface area contributed by atoms with Crippen LogP contribution in [0.2, 0.25) is 0 Å². The molecule has 0 amide bonds. The third kappa shape index (κ3) is 2.38. The molecule has 0 saturated heterocycles. The van der Waals surface area contributed by atoms with Crippen LogP contribution in [0.25, 0.3) is 0 Å². The van der Waals surface area contributed by atoms with Gasteiger partial charge in [-0.2, -0.15) is 0 Å². The van der Waals surface area contributed by atoms with Gasteiger partial charge >= 0.3 is 0 Å². The lowest BCUT2D eigenvalue weighted by Crippen LogP contribution is -1.85. The minimum Gasteiger partial charge on any atom is -0.355 e. The Hall–Kier alpha value is -0.530. The monoisotopic (exact) mass is 155 g/mol. The Morgan fingerprint density at radius 2 is 2.00 bits per heavy atom. The molecule has 1 radical (unpaired) electrons. The highest BCUT2D eigenvalue weighted by Crippen LogP contribution is 2.02. The fourth-order valence-corrected chi connectivity index (χ4v) is 0.722. The van der Waals surface area contributed by atoms with Crippen LogP contribution in [0, 0.1) is 6.61 Å². The third-order valence-corrected chi connectivity index (χ3v) is 1.21. The van der Waals surface area contributed by atoms with Crippen molar-refractivity contribution in [1.82, 2.24) is 0 Å². The zero-order valence-corrected chi connectivity index (χ0v) is 6.21. The Labute approximate surface area is 65.6 Å². The molecule has 53 valence electrons. The highest BCUT2D eigenvalue weighted by molar-refractivity contribution is 6.17. The van der Waals surface area contributed by atoms with E-state index >= 15 is 0 Å². The molecule has 0 saturated carbocycles. The molecule has 0 aliphatic heterocycles. The molecule has 1 aromatic rings. The van der Waals surface area contributed by atoms with E-state index in [1.54, 1.807) is 6.61 Å². The van der Waals surface area contributed by atoms with Crippen LogP contribution in [-0.2, 0) is 4.74 Å². The van der Waals surface area contributed by atoms with Crippen molar-refractivity contribution in [2.75, 3.05) is 6.07 Å². The Bertz CT molecular complexity index is 174. The van der Waals surface area contributed by atoms with E-state index in [9.17, 15) is 0 Å². The molecular formula is C8H8ClO. The van der Waals surface area contributed by atoms with Crippen molar-refractivity contribution in [2.24, 2.45) is 0 Å². The molecule has 1 aromatic carbocycles. The van der Waals surface area contributed by atoms with Crippen molar-refractivity contribution in [3.8, 4) is 0 Å². The second-order valence-corrected chi connectivity index (χ2v) is 2.02. The third-order valence-electron chi connectivity index (χ3n) is 1.08. The number of benzene rings is 1. The van der Waals surface area contributed by atoms with Crippen LogP contribution in [0.3, 0.4) is 0 Å². The summed E-state index contributed by atoms with van der Waals surface area (Å²) in [4.78, 5) is 0. The molecule has 2 heteroatoms. The largest absolute Gasteiger partial charge is 0.355 e. The lowest BCUT2D eigenvalue weighted by molar-refractivity contribution is 0.269. The molecule has 1 rings (SSSR count). The van der Waals surface area contributed by atoms with Gasteiger partial charge in [0.2, 0.25) is 0 Å². The molecule has 0 aliphatic rings. The van der Waals surface area contributed by atoms with Gasteiger partial charge in [-0.05, 0) is 5.56 Å².